The number of pyridine rings is 1. The van der Waals surface area contributed by atoms with Crippen LogP contribution in [-0.2, 0) is 11.2 Å². The molecule has 124 valence electrons. The highest BCUT2D eigenvalue weighted by Gasteiger charge is 2.11. The first-order valence-corrected chi connectivity index (χ1v) is 8.93. The van der Waals surface area contributed by atoms with E-state index in [0.717, 1.165) is 12.1 Å². The predicted octanol–water partition coefficient (Wildman–Crippen LogP) is 3.53. The van der Waals surface area contributed by atoms with Gasteiger partial charge in [-0.3, -0.25) is 4.79 Å². The van der Waals surface area contributed by atoms with Crippen molar-refractivity contribution >= 4 is 17.7 Å². The zero-order chi connectivity index (χ0) is 17.4. The van der Waals surface area contributed by atoms with E-state index in [4.69, 9.17) is 0 Å². The summed E-state index contributed by atoms with van der Waals surface area (Å²) in [5, 5.41) is 12.7. The highest BCUT2D eigenvalue weighted by molar-refractivity contribution is 8.00. The third kappa shape index (κ3) is 5.39. The van der Waals surface area contributed by atoms with Crippen LogP contribution in [0.25, 0.3) is 0 Å². The van der Waals surface area contributed by atoms with Gasteiger partial charge in [-0.2, -0.15) is 5.26 Å². The number of hydrogen-bond donors (Lipinski definition) is 1. The summed E-state index contributed by atoms with van der Waals surface area (Å²) in [6.07, 6.45) is 0.807. The largest absolute Gasteiger partial charge is 0.355 e. The molecule has 0 saturated heterocycles. The van der Waals surface area contributed by atoms with Gasteiger partial charge in [-0.05, 0) is 30.0 Å². The Bertz CT molecular complexity index is 723. The lowest BCUT2D eigenvalue weighted by Gasteiger charge is -2.09. The van der Waals surface area contributed by atoms with E-state index < -0.39 is 0 Å². The summed E-state index contributed by atoms with van der Waals surface area (Å²) in [4.78, 5) is 16.5. The van der Waals surface area contributed by atoms with Crippen LogP contribution in [0.5, 0.6) is 0 Å². The van der Waals surface area contributed by atoms with Crippen LogP contribution in [0.15, 0.2) is 47.5 Å². The second-order valence-corrected chi connectivity index (χ2v) is 6.69. The molecule has 1 N–H and O–H groups in total. The van der Waals surface area contributed by atoms with Crippen LogP contribution >= 0.6 is 11.8 Å². The molecule has 0 unspecified atom stereocenters. The Morgan fingerprint density at radius 3 is 2.67 bits per heavy atom. The van der Waals surface area contributed by atoms with Crippen molar-refractivity contribution in [1.82, 2.24) is 10.3 Å². The standard InChI is InChI=1S/C19H21N3OS/c1-14(2)17-9-8-16(12-20)19(22-17)24-13-18(23)21-11-10-15-6-4-3-5-7-15/h3-9,14H,10-11,13H2,1-2H3,(H,21,23). The molecule has 0 aliphatic heterocycles. The summed E-state index contributed by atoms with van der Waals surface area (Å²) >= 11 is 1.31. The molecule has 1 amide bonds. The summed E-state index contributed by atoms with van der Waals surface area (Å²) < 4.78 is 0. The monoisotopic (exact) mass is 339 g/mol. The van der Waals surface area contributed by atoms with Gasteiger partial charge in [-0.25, -0.2) is 4.98 Å². The molecule has 0 aliphatic carbocycles. The number of carbonyl (C=O) groups excluding carboxylic acids is 1. The number of amides is 1. The van der Waals surface area contributed by atoms with Crippen LogP contribution in [0, 0.1) is 11.3 Å². The predicted molar refractivity (Wildman–Crippen MR) is 96.9 cm³/mol. The number of thioether (sulfide) groups is 1. The fraction of sp³-hybridized carbons (Fsp3) is 0.316. The Hall–Kier alpha value is -2.32. The van der Waals surface area contributed by atoms with E-state index in [1.807, 2.05) is 36.4 Å². The van der Waals surface area contributed by atoms with Crippen molar-refractivity contribution < 1.29 is 4.79 Å². The minimum Gasteiger partial charge on any atom is -0.355 e. The van der Waals surface area contributed by atoms with Crippen LogP contribution < -0.4 is 5.32 Å². The van der Waals surface area contributed by atoms with Crippen LogP contribution in [0.2, 0.25) is 0 Å². The van der Waals surface area contributed by atoms with Crippen molar-refractivity contribution in [3.8, 4) is 6.07 Å². The number of rotatable bonds is 7. The molecule has 24 heavy (non-hydrogen) atoms. The molecule has 0 atom stereocenters. The van der Waals surface area contributed by atoms with E-state index >= 15 is 0 Å². The third-order valence-electron chi connectivity index (χ3n) is 3.51. The van der Waals surface area contributed by atoms with Crippen LogP contribution in [0.4, 0.5) is 0 Å². The molecule has 5 heteroatoms. The average molecular weight is 339 g/mol. The van der Waals surface area contributed by atoms with Crippen molar-refractivity contribution in [2.45, 2.75) is 31.2 Å². The molecule has 0 radical (unpaired) electrons. The van der Waals surface area contributed by atoms with Crippen molar-refractivity contribution in [2.75, 3.05) is 12.3 Å². The second-order valence-electron chi connectivity index (χ2n) is 5.73. The Morgan fingerprint density at radius 1 is 1.25 bits per heavy atom. The van der Waals surface area contributed by atoms with Gasteiger partial charge < -0.3 is 5.32 Å². The summed E-state index contributed by atoms with van der Waals surface area (Å²) in [5.74, 6) is 0.506. The highest BCUT2D eigenvalue weighted by Crippen LogP contribution is 2.23. The van der Waals surface area contributed by atoms with Gasteiger partial charge in [0.1, 0.15) is 11.1 Å². The lowest BCUT2D eigenvalue weighted by molar-refractivity contribution is -0.118. The summed E-state index contributed by atoms with van der Waals surface area (Å²) in [6.45, 7) is 4.71. The zero-order valence-corrected chi connectivity index (χ0v) is 14.8. The fourth-order valence-corrected chi connectivity index (χ4v) is 2.96. The number of carbonyl (C=O) groups is 1. The molecular formula is C19H21N3OS. The van der Waals surface area contributed by atoms with E-state index in [1.54, 1.807) is 6.07 Å². The van der Waals surface area contributed by atoms with Gasteiger partial charge in [-0.1, -0.05) is 55.9 Å². The Balaban J connectivity index is 1.85. The minimum atomic E-state index is -0.0448. The second kappa shape index (κ2) is 9.09. The van der Waals surface area contributed by atoms with Crippen LogP contribution in [-0.4, -0.2) is 23.2 Å². The maximum Gasteiger partial charge on any atom is 0.230 e. The SMILES string of the molecule is CC(C)c1ccc(C#N)c(SCC(=O)NCCc2ccccc2)n1. The Labute approximate surface area is 147 Å². The van der Waals surface area contributed by atoms with Crippen LogP contribution in [0.3, 0.4) is 0 Å². The Morgan fingerprint density at radius 2 is 2.00 bits per heavy atom. The first-order valence-electron chi connectivity index (χ1n) is 7.94. The molecule has 0 bridgehead atoms. The van der Waals surface area contributed by atoms with Gasteiger partial charge in [0, 0.05) is 12.2 Å². The number of nitrogens with zero attached hydrogens (tertiary/aromatic N) is 2. The number of nitriles is 1. The molecule has 0 aliphatic rings. The van der Waals surface area contributed by atoms with Crippen molar-refractivity contribution in [2.24, 2.45) is 0 Å². The molecule has 0 spiro atoms. The molecule has 4 nitrogen and oxygen atoms in total. The maximum atomic E-state index is 12.0. The highest BCUT2D eigenvalue weighted by atomic mass is 32.2. The smallest absolute Gasteiger partial charge is 0.230 e. The summed E-state index contributed by atoms with van der Waals surface area (Å²) in [6, 6.07) is 15.8. The Kier molecular flexibility index (Phi) is 6.83. The van der Waals surface area contributed by atoms with Gasteiger partial charge in [0.25, 0.3) is 0 Å². The topological polar surface area (TPSA) is 65.8 Å². The molecule has 1 aromatic carbocycles. The number of benzene rings is 1. The van der Waals surface area contributed by atoms with E-state index in [-0.39, 0.29) is 17.6 Å². The van der Waals surface area contributed by atoms with E-state index in [1.165, 1.54) is 17.3 Å². The average Bonchev–Trinajstić information content (AvgIpc) is 2.60. The molecule has 1 heterocycles. The maximum absolute atomic E-state index is 12.0. The first kappa shape index (κ1) is 18.0. The van der Waals surface area contributed by atoms with E-state index in [9.17, 15) is 10.1 Å². The van der Waals surface area contributed by atoms with Gasteiger partial charge in [0.2, 0.25) is 5.91 Å². The first-order chi connectivity index (χ1) is 11.6. The normalized spacial score (nSPS) is 10.4. The number of aromatic nitrogens is 1. The lowest BCUT2D eigenvalue weighted by Crippen LogP contribution is -2.27. The number of hydrogen-bond acceptors (Lipinski definition) is 4. The van der Waals surface area contributed by atoms with E-state index in [2.05, 4.69) is 30.2 Å². The molecular weight excluding hydrogens is 318 g/mol. The summed E-state index contributed by atoms with van der Waals surface area (Å²) in [5.41, 5.74) is 2.64. The van der Waals surface area contributed by atoms with Gasteiger partial charge >= 0.3 is 0 Å². The molecule has 1 aromatic heterocycles. The van der Waals surface area contributed by atoms with Crippen LogP contribution in [0.1, 0.15) is 36.6 Å². The van der Waals surface area contributed by atoms with Gasteiger partial charge in [-0.15, -0.1) is 0 Å². The molecule has 0 saturated carbocycles. The number of nitrogens with one attached hydrogen (secondary N) is 1. The van der Waals surface area contributed by atoms with Crippen molar-refractivity contribution in [3.63, 3.8) is 0 Å². The molecule has 2 rings (SSSR count). The van der Waals surface area contributed by atoms with Gasteiger partial charge in [0.05, 0.1) is 11.3 Å². The molecule has 0 fully saturated rings. The fourth-order valence-electron chi connectivity index (χ4n) is 2.15. The van der Waals surface area contributed by atoms with Crippen molar-refractivity contribution in [1.29, 1.82) is 5.26 Å². The minimum absolute atomic E-state index is 0.0448. The van der Waals surface area contributed by atoms with Gasteiger partial charge in [0.15, 0.2) is 0 Å². The van der Waals surface area contributed by atoms with Crippen molar-refractivity contribution in [3.05, 3.63) is 59.3 Å². The van der Waals surface area contributed by atoms with E-state index in [0.29, 0.717) is 17.1 Å². The quantitative estimate of drug-likeness (QED) is 0.784. The molecule has 2 aromatic rings. The third-order valence-corrected chi connectivity index (χ3v) is 4.50. The zero-order valence-electron chi connectivity index (χ0n) is 14.0. The summed E-state index contributed by atoms with van der Waals surface area (Å²) in [7, 11) is 0. The lowest BCUT2D eigenvalue weighted by atomic mass is 10.1.